The van der Waals surface area contributed by atoms with E-state index in [0.717, 1.165) is 18.8 Å². The maximum absolute atomic E-state index is 12.4. The van der Waals surface area contributed by atoms with Crippen LogP contribution in [0.3, 0.4) is 0 Å². The predicted octanol–water partition coefficient (Wildman–Crippen LogP) is 2.07. The van der Waals surface area contributed by atoms with Gasteiger partial charge in [-0.1, -0.05) is 6.42 Å². The number of quaternary nitrogens is 1. The predicted molar refractivity (Wildman–Crippen MR) is 88.3 cm³/mol. The second-order valence-electron chi connectivity index (χ2n) is 6.27. The van der Waals surface area contributed by atoms with Crippen molar-refractivity contribution in [2.24, 2.45) is 0 Å². The molecule has 1 aliphatic rings. The van der Waals surface area contributed by atoms with E-state index >= 15 is 0 Å². The number of carbonyl (C=O) groups excluding carboxylic acids is 2. The second kappa shape index (κ2) is 8.08. The third-order valence-corrected chi connectivity index (χ3v) is 4.56. The molecule has 0 spiro atoms. The summed E-state index contributed by atoms with van der Waals surface area (Å²) in [5, 5.41) is 2.97. The summed E-state index contributed by atoms with van der Waals surface area (Å²) in [6.45, 7) is 5.72. The first-order valence-corrected chi connectivity index (χ1v) is 8.34. The fourth-order valence-electron chi connectivity index (χ4n) is 3.02. The van der Waals surface area contributed by atoms with Gasteiger partial charge in [0.15, 0.2) is 11.8 Å². The Kier molecular flexibility index (Phi) is 6.13. The molecule has 1 aromatic rings. The highest BCUT2D eigenvalue weighted by molar-refractivity contribution is 5.96. The normalized spacial score (nSPS) is 18.1. The van der Waals surface area contributed by atoms with Crippen molar-refractivity contribution in [3.05, 3.63) is 29.8 Å². The lowest BCUT2D eigenvalue weighted by molar-refractivity contribution is -0.914. The Morgan fingerprint density at radius 2 is 1.55 bits per heavy atom. The van der Waals surface area contributed by atoms with Crippen molar-refractivity contribution in [2.45, 2.75) is 52.0 Å². The molecule has 2 rings (SSSR count). The van der Waals surface area contributed by atoms with Gasteiger partial charge in [0.1, 0.15) is 0 Å². The molecular formula is C18H27N2O2+. The minimum Gasteiger partial charge on any atom is -0.325 e. The Balaban J connectivity index is 1.93. The fourth-order valence-corrected chi connectivity index (χ4v) is 3.02. The van der Waals surface area contributed by atoms with Crippen molar-refractivity contribution in [1.82, 2.24) is 0 Å². The van der Waals surface area contributed by atoms with Gasteiger partial charge in [-0.2, -0.15) is 0 Å². The van der Waals surface area contributed by atoms with Gasteiger partial charge in [0.05, 0.1) is 13.1 Å². The summed E-state index contributed by atoms with van der Waals surface area (Å²) in [5.74, 6) is 0.0995. The van der Waals surface area contributed by atoms with E-state index in [0.29, 0.717) is 5.56 Å². The van der Waals surface area contributed by atoms with E-state index < -0.39 is 0 Å². The lowest BCUT2D eigenvalue weighted by Crippen LogP contribution is -3.16. The Bertz CT molecular complexity index is 502. The van der Waals surface area contributed by atoms with Crippen LogP contribution in [0.4, 0.5) is 5.69 Å². The number of anilines is 1. The molecule has 1 aliphatic heterocycles. The van der Waals surface area contributed by atoms with E-state index in [2.05, 4.69) is 5.32 Å². The Morgan fingerprint density at radius 3 is 2.09 bits per heavy atom. The van der Waals surface area contributed by atoms with Crippen LogP contribution in [0.25, 0.3) is 0 Å². The van der Waals surface area contributed by atoms with Crippen LogP contribution < -0.4 is 10.2 Å². The van der Waals surface area contributed by atoms with Crippen molar-refractivity contribution in [1.29, 1.82) is 0 Å². The molecular weight excluding hydrogens is 276 g/mol. The zero-order valence-corrected chi connectivity index (χ0v) is 13.7. The van der Waals surface area contributed by atoms with E-state index in [1.54, 1.807) is 31.2 Å². The first-order chi connectivity index (χ1) is 10.6. The van der Waals surface area contributed by atoms with Crippen LogP contribution in [0.5, 0.6) is 0 Å². The number of nitrogens with one attached hydrogen (secondary N) is 2. The van der Waals surface area contributed by atoms with E-state index in [1.165, 1.54) is 37.0 Å². The van der Waals surface area contributed by atoms with Crippen molar-refractivity contribution < 1.29 is 14.5 Å². The lowest BCUT2D eigenvalue weighted by atomic mass is 10.1. The number of Topliss-reactive ketones (excluding diaryl/α,β-unsaturated/α-hetero) is 1. The van der Waals surface area contributed by atoms with Gasteiger partial charge in [-0.15, -0.1) is 0 Å². The fraction of sp³-hybridized carbons (Fsp3) is 0.556. The number of ketones is 1. The number of carbonyl (C=O) groups is 2. The van der Waals surface area contributed by atoms with E-state index in [9.17, 15) is 9.59 Å². The molecule has 1 aromatic carbocycles. The Labute approximate surface area is 132 Å². The minimum atomic E-state index is -0.0365. The quantitative estimate of drug-likeness (QED) is 0.837. The van der Waals surface area contributed by atoms with Crippen molar-refractivity contribution in [2.75, 3.05) is 18.4 Å². The molecule has 0 saturated carbocycles. The van der Waals surface area contributed by atoms with Gasteiger partial charge in [-0.05, 0) is 63.8 Å². The van der Waals surface area contributed by atoms with Gasteiger partial charge < -0.3 is 10.2 Å². The van der Waals surface area contributed by atoms with Crippen LogP contribution in [-0.4, -0.2) is 30.8 Å². The standard InChI is InChI=1S/C18H26N2O2/c1-14(20-12-6-4-3-5-7-13-20)18(22)19-17-10-8-16(9-11-17)15(2)21/h8-11,14H,3-7,12-13H2,1-2H3,(H,19,22)/p+1/t14-/m1/s1. The third-order valence-electron chi connectivity index (χ3n) is 4.56. The van der Waals surface area contributed by atoms with Gasteiger partial charge in [0.2, 0.25) is 0 Å². The zero-order chi connectivity index (χ0) is 15.9. The number of hydrogen-bond acceptors (Lipinski definition) is 2. The van der Waals surface area contributed by atoms with Gasteiger partial charge >= 0.3 is 0 Å². The van der Waals surface area contributed by atoms with Crippen LogP contribution in [0.15, 0.2) is 24.3 Å². The summed E-state index contributed by atoms with van der Waals surface area (Å²) < 4.78 is 0. The number of amides is 1. The van der Waals surface area contributed by atoms with Crippen molar-refractivity contribution >= 4 is 17.4 Å². The highest BCUT2D eigenvalue weighted by atomic mass is 16.2. The summed E-state index contributed by atoms with van der Waals surface area (Å²) in [7, 11) is 0. The number of likely N-dealkylation sites (tertiary alicyclic amines) is 1. The summed E-state index contributed by atoms with van der Waals surface area (Å²) in [6.07, 6.45) is 6.31. The van der Waals surface area contributed by atoms with Gasteiger partial charge in [0, 0.05) is 11.3 Å². The number of benzene rings is 1. The zero-order valence-electron chi connectivity index (χ0n) is 13.7. The van der Waals surface area contributed by atoms with Gasteiger partial charge in [-0.3, -0.25) is 9.59 Å². The van der Waals surface area contributed by atoms with Gasteiger partial charge in [0.25, 0.3) is 5.91 Å². The summed E-state index contributed by atoms with van der Waals surface area (Å²) in [5.41, 5.74) is 1.42. The Hall–Kier alpha value is -1.68. The molecule has 0 bridgehead atoms. The summed E-state index contributed by atoms with van der Waals surface area (Å²) in [6, 6.07) is 7.07. The van der Waals surface area contributed by atoms with E-state index in [1.807, 2.05) is 6.92 Å². The van der Waals surface area contributed by atoms with Crippen molar-refractivity contribution in [3.8, 4) is 0 Å². The molecule has 22 heavy (non-hydrogen) atoms. The Morgan fingerprint density at radius 1 is 1.00 bits per heavy atom. The summed E-state index contributed by atoms with van der Waals surface area (Å²) in [4.78, 5) is 25.1. The molecule has 2 N–H and O–H groups in total. The monoisotopic (exact) mass is 303 g/mol. The minimum absolute atomic E-state index is 0.0365. The van der Waals surface area contributed by atoms with E-state index in [-0.39, 0.29) is 17.7 Å². The molecule has 1 saturated heterocycles. The van der Waals surface area contributed by atoms with Crippen LogP contribution in [0.2, 0.25) is 0 Å². The maximum Gasteiger partial charge on any atom is 0.282 e. The molecule has 0 radical (unpaired) electrons. The molecule has 0 aliphatic carbocycles. The topological polar surface area (TPSA) is 50.6 Å². The highest BCUT2D eigenvalue weighted by Gasteiger charge is 2.25. The van der Waals surface area contributed by atoms with Crippen LogP contribution >= 0.6 is 0 Å². The first-order valence-electron chi connectivity index (χ1n) is 8.34. The largest absolute Gasteiger partial charge is 0.325 e. The van der Waals surface area contributed by atoms with Crippen LogP contribution in [-0.2, 0) is 4.79 Å². The highest BCUT2D eigenvalue weighted by Crippen LogP contribution is 2.10. The molecule has 4 nitrogen and oxygen atoms in total. The van der Waals surface area contributed by atoms with E-state index in [4.69, 9.17) is 0 Å². The molecule has 1 atom stereocenters. The average Bonchev–Trinajstić information content (AvgIpc) is 2.47. The first kappa shape index (κ1) is 16.7. The second-order valence-corrected chi connectivity index (χ2v) is 6.27. The third kappa shape index (κ3) is 4.67. The molecule has 120 valence electrons. The SMILES string of the molecule is CC(=O)c1ccc(NC(=O)[C@@H](C)[NH+]2CCCCCCC2)cc1. The molecule has 1 fully saturated rings. The number of hydrogen-bond donors (Lipinski definition) is 2. The smallest absolute Gasteiger partial charge is 0.282 e. The molecule has 0 aromatic heterocycles. The van der Waals surface area contributed by atoms with Crippen LogP contribution in [0.1, 0.15) is 56.3 Å². The van der Waals surface area contributed by atoms with Crippen LogP contribution in [0, 0.1) is 0 Å². The molecule has 0 unspecified atom stereocenters. The summed E-state index contributed by atoms with van der Waals surface area (Å²) >= 11 is 0. The van der Waals surface area contributed by atoms with Gasteiger partial charge in [-0.25, -0.2) is 0 Å². The molecule has 4 heteroatoms. The van der Waals surface area contributed by atoms with Crippen molar-refractivity contribution in [3.63, 3.8) is 0 Å². The maximum atomic E-state index is 12.4. The lowest BCUT2D eigenvalue weighted by Gasteiger charge is -2.26. The number of rotatable bonds is 4. The average molecular weight is 303 g/mol. The molecule has 1 amide bonds. The molecule has 1 heterocycles.